The van der Waals surface area contributed by atoms with E-state index in [1.807, 2.05) is 45.9 Å². The predicted octanol–water partition coefficient (Wildman–Crippen LogP) is 4.35. The summed E-state index contributed by atoms with van der Waals surface area (Å²) in [5.74, 6) is 1.10. The quantitative estimate of drug-likeness (QED) is 0.400. The van der Waals surface area contributed by atoms with Crippen molar-refractivity contribution in [3.63, 3.8) is 0 Å². The van der Waals surface area contributed by atoms with Gasteiger partial charge in [-0.1, -0.05) is 13.0 Å². The van der Waals surface area contributed by atoms with Gasteiger partial charge in [0, 0.05) is 60.5 Å². The number of sulfonamides is 1. The van der Waals surface area contributed by atoms with Gasteiger partial charge in [0.2, 0.25) is 16.0 Å². The first-order chi connectivity index (χ1) is 17.5. The second kappa shape index (κ2) is 11.0. The number of hydrogen-bond acceptors (Lipinski definition) is 8. The molecule has 9 nitrogen and oxygen atoms in total. The summed E-state index contributed by atoms with van der Waals surface area (Å²) in [4.78, 5) is 14.1. The fourth-order valence-electron chi connectivity index (χ4n) is 4.12. The largest absolute Gasteiger partial charge is 0.369 e. The number of anilines is 5. The topological polar surface area (TPSA) is 102 Å². The Morgan fingerprint density at radius 2 is 1.65 bits per heavy atom. The van der Waals surface area contributed by atoms with Gasteiger partial charge in [-0.15, -0.1) is 0 Å². The van der Waals surface area contributed by atoms with Crippen molar-refractivity contribution in [3.05, 3.63) is 60.3 Å². The van der Waals surface area contributed by atoms with Gasteiger partial charge < -0.3 is 20.4 Å². The van der Waals surface area contributed by atoms with Gasteiger partial charge in [0.15, 0.2) is 0 Å². The Morgan fingerprint density at radius 1 is 0.946 bits per heavy atom. The molecule has 1 saturated heterocycles. The van der Waals surface area contributed by atoms with Crippen LogP contribution in [0.25, 0.3) is 0 Å². The van der Waals surface area contributed by atoms with Crippen molar-refractivity contribution < 1.29 is 8.42 Å². The highest BCUT2D eigenvalue weighted by Gasteiger charge is 2.22. The van der Waals surface area contributed by atoms with Gasteiger partial charge in [-0.25, -0.2) is 18.1 Å². The Labute approximate surface area is 220 Å². The second-order valence-electron chi connectivity index (χ2n) is 10.4. The first kappa shape index (κ1) is 26.8. The molecule has 0 saturated carbocycles. The lowest BCUT2D eigenvalue weighted by Gasteiger charge is -2.34. The van der Waals surface area contributed by atoms with Crippen LogP contribution in [0, 0.1) is 0 Å². The van der Waals surface area contributed by atoms with Crippen LogP contribution in [0.2, 0.25) is 0 Å². The van der Waals surface area contributed by atoms with Crippen LogP contribution in [0.1, 0.15) is 33.3 Å². The van der Waals surface area contributed by atoms with Gasteiger partial charge in [0.05, 0.1) is 4.90 Å². The summed E-state index contributed by atoms with van der Waals surface area (Å²) in [6.07, 6.45) is 2.52. The molecular weight excluding hydrogens is 486 g/mol. The van der Waals surface area contributed by atoms with Gasteiger partial charge in [-0.3, -0.25) is 0 Å². The van der Waals surface area contributed by atoms with Gasteiger partial charge >= 0.3 is 0 Å². The summed E-state index contributed by atoms with van der Waals surface area (Å²) >= 11 is 0. The SMILES string of the molecule is CCc1cnc(Nc2ccc(N3CCN(C)CC3)cc2)nc1Nc1cccc(S(=O)(=O)NC(C)(C)C)c1. The van der Waals surface area contributed by atoms with Crippen molar-refractivity contribution in [1.82, 2.24) is 19.6 Å². The Hall–Kier alpha value is -3.21. The first-order valence-corrected chi connectivity index (χ1v) is 14.1. The van der Waals surface area contributed by atoms with Crippen molar-refractivity contribution in [2.75, 3.05) is 48.8 Å². The van der Waals surface area contributed by atoms with Crippen LogP contribution in [0.4, 0.5) is 28.8 Å². The molecule has 198 valence electrons. The highest BCUT2D eigenvalue weighted by atomic mass is 32.2. The van der Waals surface area contributed by atoms with Crippen LogP contribution in [-0.4, -0.2) is 62.1 Å². The number of hydrogen-bond donors (Lipinski definition) is 3. The van der Waals surface area contributed by atoms with Crippen molar-refractivity contribution in [2.24, 2.45) is 0 Å². The Bertz CT molecular complexity index is 1310. The second-order valence-corrected chi connectivity index (χ2v) is 12.1. The van der Waals surface area contributed by atoms with Crippen molar-refractivity contribution in [3.8, 4) is 0 Å². The van der Waals surface area contributed by atoms with Crippen LogP contribution in [0.5, 0.6) is 0 Å². The molecule has 2 aromatic carbocycles. The van der Waals surface area contributed by atoms with E-state index in [0.717, 1.165) is 43.9 Å². The average molecular weight is 524 g/mol. The van der Waals surface area contributed by atoms with E-state index in [1.165, 1.54) is 5.69 Å². The number of benzene rings is 2. The van der Waals surface area contributed by atoms with Crippen LogP contribution in [-0.2, 0) is 16.4 Å². The number of aryl methyl sites for hydroxylation is 1. The van der Waals surface area contributed by atoms with E-state index in [2.05, 4.69) is 49.3 Å². The predicted molar refractivity (Wildman–Crippen MR) is 151 cm³/mol. The van der Waals surface area contributed by atoms with E-state index in [-0.39, 0.29) is 4.90 Å². The van der Waals surface area contributed by atoms with Crippen LogP contribution < -0.4 is 20.3 Å². The normalized spacial score (nSPS) is 15.0. The maximum absolute atomic E-state index is 12.8. The molecule has 0 bridgehead atoms. The third-order valence-corrected chi connectivity index (χ3v) is 7.84. The third kappa shape index (κ3) is 7.18. The molecule has 0 spiro atoms. The van der Waals surface area contributed by atoms with E-state index in [0.29, 0.717) is 17.5 Å². The maximum atomic E-state index is 12.8. The third-order valence-electron chi connectivity index (χ3n) is 6.08. The average Bonchev–Trinajstić information content (AvgIpc) is 2.84. The summed E-state index contributed by atoms with van der Waals surface area (Å²) in [7, 11) is -1.50. The minimum absolute atomic E-state index is 0.193. The zero-order chi connectivity index (χ0) is 26.6. The monoisotopic (exact) mass is 523 g/mol. The fraction of sp³-hybridized carbons (Fsp3) is 0.407. The molecule has 0 radical (unpaired) electrons. The number of piperazine rings is 1. The summed E-state index contributed by atoms with van der Waals surface area (Å²) < 4.78 is 28.3. The van der Waals surface area contributed by atoms with Crippen LogP contribution in [0.3, 0.4) is 0 Å². The van der Waals surface area contributed by atoms with Gasteiger partial charge in [0.25, 0.3) is 0 Å². The van der Waals surface area contributed by atoms with E-state index >= 15 is 0 Å². The molecule has 1 fully saturated rings. The van der Waals surface area contributed by atoms with Gasteiger partial charge in [0.1, 0.15) is 5.82 Å². The summed E-state index contributed by atoms with van der Waals surface area (Å²) in [6, 6.07) is 15.0. The molecule has 2 heterocycles. The summed E-state index contributed by atoms with van der Waals surface area (Å²) in [5.41, 5.74) is 3.09. The molecular formula is C27H37N7O2S. The number of nitrogens with zero attached hydrogens (tertiary/aromatic N) is 4. The van der Waals surface area contributed by atoms with Crippen molar-refractivity contribution >= 4 is 38.9 Å². The maximum Gasteiger partial charge on any atom is 0.241 e. The lowest BCUT2D eigenvalue weighted by atomic mass is 10.1. The molecule has 10 heteroatoms. The minimum Gasteiger partial charge on any atom is -0.369 e. The number of nitrogens with one attached hydrogen (secondary N) is 3. The lowest BCUT2D eigenvalue weighted by Crippen LogP contribution is -2.44. The standard InChI is InChI=1S/C27H37N7O2S/c1-6-20-19-28-26(30-21-10-12-23(13-11-21)34-16-14-33(5)15-17-34)31-25(20)29-22-8-7-9-24(18-22)37(35,36)32-27(2,3)4/h7-13,18-19,32H,6,14-17H2,1-5H3,(H2,28,29,30,31). The molecule has 4 rings (SSSR count). The Kier molecular flexibility index (Phi) is 8.01. The van der Waals surface area contributed by atoms with Gasteiger partial charge in [-0.2, -0.15) is 4.98 Å². The number of aromatic nitrogens is 2. The number of likely N-dealkylation sites (N-methyl/N-ethyl adjacent to an activating group) is 1. The van der Waals surface area contributed by atoms with Crippen molar-refractivity contribution in [1.29, 1.82) is 0 Å². The highest BCUT2D eigenvalue weighted by Crippen LogP contribution is 2.25. The molecule has 3 N–H and O–H groups in total. The van der Waals surface area contributed by atoms with E-state index < -0.39 is 15.6 Å². The van der Waals surface area contributed by atoms with Gasteiger partial charge in [-0.05, 0) is 76.7 Å². The summed E-state index contributed by atoms with van der Waals surface area (Å²) in [5, 5.41) is 6.57. The molecule has 0 atom stereocenters. The van der Waals surface area contributed by atoms with E-state index in [1.54, 1.807) is 24.4 Å². The molecule has 1 aliphatic heterocycles. The Balaban J connectivity index is 1.50. The number of rotatable bonds is 8. The molecule has 0 aliphatic carbocycles. The highest BCUT2D eigenvalue weighted by molar-refractivity contribution is 7.89. The molecule has 37 heavy (non-hydrogen) atoms. The zero-order valence-electron chi connectivity index (χ0n) is 22.2. The van der Waals surface area contributed by atoms with Crippen molar-refractivity contribution in [2.45, 2.75) is 44.6 Å². The van der Waals surface area contributed by atoms with Crippen LogP contribution >= 0.6 is 0 Å². The van der Waals surface area contributed by atoms with E-state index in [4.69, 9.17) is 4.98 Å². The Morgan fingerprint density at radius 3 is 2.30 bits per heavy atom. The first-order valence-electron chi connectivity index (χ1n) is 12.6. The fourth-order valence-corrected chi connectivity index (χ4v) is 5.59. The molecule has 0 unspecified atom stereocenters. The summed E-state index contributed by atoms with van der Waals surface area (Å²) in [6.45, 7) is 11.6. The molecule has 1 aromatic heterocycles. The minimum atomic E-state index is -3.65. The smallest absolute Gasteiger partial charge is 0.241 e. The zero-order valence-corrected chi connectivity index (χ0v) is 23.1. The molecule has 1 aliphatic rings. The molecule has 0 amide bonds. The lowest BCUT2D eigenvalue weighted by molar-refractivity contribution is 0.313. The molecule has 3 aromatic rings. The van der Waals surface area contributed by atoms with E-state index in [9.17, 15) is 8.42 Å². The van der Waals surface area contributed by atoms with Crippen LogP contribution in [0.15, 0.2) is 59.6 Å².